The molecule has 9 N–H and O–H groups in total. The first kappa shape index (κ1) is 60.5. The molecule has 410 valence electrons. The molecule has 1 aromatic heterocycles. The Balaban J connectivity index is 1.25. The number of aliphatic carboxylic acids is 1. The number of aromatic nitrogens is 1. The average molecular weight is 1050 g/mol. The molecule has 0 radical (unpaired) electrons. The molecule has 20 nitrogen and oxygen atoms in total. The van der Waals surface area contributed by atoms with Crippen molar-refractivity contribution in [3.63, 3.8) is 0 Å². The summed E-state index contributed by atoms with van der Waals surface area (Å²) in [6, 6.07) is 8.57. The van der Waals surface area contributed by atoms with Gasteiger partial charge in [-0.15, -0.1) is 0 Å². The van der Waals surface area contributed by atoms with Crippen LogP contribution in [-0.2, 0) is 49.7 Å². The third-order valence-electron chi connectivity index (χ3n) is 12.7. The van der Waals surface area contributed by atoms with E-state index >= 15 is 4.39 Å². The van der Waals surface area contributed by atoms with Crippen molar-refractivity contribution < 1.29 is 62.1 Å². The fourth-order valence-corrected chi connectivity index (χ4v) is 8.70. The lowest BCUT2D eigenvalue weighted by Gasteiger charge is -2.41. The van der Waals surface area contributed by atoms with Crippen LogP contribution in [0.5, 0.6) is 0 Å². The number of benzene rings is 2. The predicted molar refractivity (Wildman–Crippen MR) is 273 cm³/mol. The van der Waals surface area contributed by atoms with Crippen molar-refractivity contribution in [2.24, 2.45) is 17.1 Å². The van der Waals surface area contributed by atoms with Crippen molar-refractivity contribution in [1.82, 2.24) is 41.0 Å². The lowest BCUT2D eigenvalue weighted by Crippen LogP contribution is -2.56. The van der Waals surface area contributed by atoms with E-state index in [2.05, 4.69) is 26.6 Å². The van der Waals surface area contributed by atoms with Crippen molar-refractivity contribution in [2.75, 3.05) is 32.8 Å². The smallest absolute Gasteiger partial charge is 0.326 e. The Kier molecular flexibility index (Phi) is 23.0. The molecule has 2 heterocycles. The Morgan fingerprint density at radius 2 is 1.45 bits per heavy atom. The quantitative estimate of drug-likeness (QED) is 0.0368. The van der Waals surface area contributed by atoms with Gasteiger partial charge >= 0.3 is 5.97 Å². The number of aliphatic hydroxyl groups excluding tert-OH is 1. The summed E-state index contributed by atoms with van der Waals surface area (Å²) in [4.78, 5) is 117. The van der Waals surface area contributed by atoms with Gasteiger partial charge in [-0.2, -0.15) is 0 Å². The molecule has 5 atom stereocenters. The van der Waals surface area contributed by atoms with Crippen LogP contribution >= 0.6 is 0 Å². The van der Waals surface area contributed by atoms with E-state index in [4.69, 9.17) is 5.73 Å². The number of unbranched alkanes of at least 4 members (excludes halogenated alkanes) is 2. The van der Waals surface area contributed by atoms with Gasteiger partial charge in [0, 0.05) is 81.4 Å². The van der Waals surface area contributed by atoms with Gasteiger partial charge < -0.3 is 52.0 Å². The number of carbonyl (C=O) groups is 9. The Labute approximate surface area is 435 Å². The van der Waals surface area contributed by atoms with Crippen molar-refractivity contribution in [2.45, 2.75) is 136 Å². The van der Waals surface area contributed by atoms with Gasteiger partial charge in [0.05, 0.1) is 12.1 Å². The summed E-state index contributed by atoms with van der Waals surface area (Å²) >= 11 is 0. The number of nitrogens with one attached hydrogen (secondary N) is 5. The van der Waals surface area contributed by atoms with Crippen LogP contribution in [0.1, 0.15) is 117 Å². The maximum Gasteiger partial charge on any atom is 0.326 e. The van der Waals surface area contributed by atoms with Crippen LogP contribution in [0.25, 0.3) is 11.1 Å². The molecule has 1 aliphatic rings. The molecule has 0 saturated carbocycles. The van der Waals surface area contributed by atoms with Crippen LogP contribution in [0.15, 0.2) is 60.8 Å². The monoisotopic (exact) mass is 1050 g/mol. The normalized spacial score (nSPS) is 14.6. The highest BCUT2D eigenvalue weighted by Crippen LogP contribution is 2.41. The van der Waals surface area contributed by atoms with E-state index < -0.39 is 95.3 Å². The van der Waals surface area contributed by atoms with Crippen molar-refractivity contribution in [3.05, 3.63) is 83.7 Å². The van der Waals surface area contributed by atoms with E-state index in [9.17, 15) is 57.8 Å². The van der Waals surface area contributed by atoms with Crippen molar-refractivity contribution >= 4 is 53.2 Å². The molecule has 0 spiro atoms. The minimum atomic E-state index is -1.51. The number of carboxylic acids is 1. The number of hydrogen-bond acceptors (Lipinski definition) is 11. The highest BCUT2D eigenvalue weighted by Gasteiger charge is 2.38. The van der Waals surface area contributed by atoms with Gasteiger partial charge in [0.25, 0.3) is 0 Å². The molecular formula is C53H73F2N9O11. The zero-order chi connectivity index (χ0) is 55.6. The molecule has 1 unspecified atom stereocenters. The predicted octanol–water partition coefficient (Wildman–Crippen LogP) is 3.04. The molecule has 22 heteroatoms. The lowest BCUT2D eigenvalue weighted by atomic mass is 9.82. The highest BCUT2D eigenvalue weighted by molar-refractivity contribution is 6.02. The second-order valence-electron chi connectivity index (χ2n) is 20.1. The Bertz CT molecular complexity index is 2480. The number of rotatable bonds is 29. The summed E-state index contributed by atoms with van der Waals surface area (Å²) in [6.45, 7) is 9.88. The molecule has 1 fully saturated rings. The summed E-state index contributed by atoms with van der Waals surface area (Å²) in [5.74, 6) is -7.27. The zero-order valence-electron chi connectivity index (χ0n) is 43.6. The number of imide groups is 1. The van der Waals surface area contributed by atoms with E-state index in [1.165, 1.54) is 16.7 Å². The molecule has 3 aromatic rings. The van der Waals surface area contributed by atoms with Gasteiger partial charge in [-0.3, -0.25) is 43.3 Å². The molecule has 75 heavy (non-hydrogen) atoms. The van der Waals surface area contributed by atoms with E-state index in [1.54, 1.807) is 26.1 Å². The molecule has 0 aliphatic carbocycles. The number of nitrogens with two attached hydrogens (primary N) is 1. The maximum absolute atomic E-state index is 15.1. The van der Waals surface area contributed by atoms with Gasteiger partial charge in [0.15, 0.2) is 0 Å². The number of carbonyl (C=O) groups excluding carboxylic acids is 8. The second-order valence-corrected chi connectivity index (χ2v) is 20.1. The Morgan fingerprint density at radius 3 is 2.08 bits per heavy atom. The van der Waals surface area contributed by atoms with Crippen molar-refractivity contribution in [1.29, 1.82) is 0 Å². The molecule has 1 saturated heterocycles. The third kappa shape index (κ3) is 18.4. The first-order valence-electron chi connectivity index (χ1n) is 25.3. The van der Waals surface area contributed by atoms with Gasteiger partial charge in [-0.05, 0) is 73.8 Å². The van der Waals surface area contributed by atoms with Crippen LogP contribution in [0, 0.1) is 23.0 Å². The summed E-state index contributed by atoms with van der Waals surface area (Å²) in [5, 5.41) is 32.7. The fraction of sp³-hybridized carbons (Fsp3) is 0.528. The fourth-order valence-electron chi connectivity index (χ4n) is 8.70. The van der Waals surface area contributed by atoms with E-state index in [0.29, 0.717) is 37.1 Å². The van der Waals surface area contributed by atoms with Crippen molar-refractivity contribution in [3.8, 4) is 11.1 Å². The minimum absolute atomic E-state index is 0.0194. The maximum atomic E-state index is 15.1. The van der Waals surface area contributed by atoms with Crippen LogP contribution in [0.2, 0.25) is 0 Å². The Hall–Kier alpha value is -7.07. The zero-order valence-corrected chi connectivity index (χ0v) is 43.6. The topological polar surface area (TPSA) is 292 Å². The lowest BCUT2D eigenvalue weighted by molar-refractivity contribution is -0.142. The van der Waals surface area contributed by atoms with Crippen LogP contribution in [-0.4, -0.2) is 135 Å². The molecule has 2 aromatic carbocycles. The van der Waals surface area contributed by atoms with E-state index in [-0.39, 0.29) is 88.0 Å². The number of carboxylic acid groups (broad SMARTS) is 1. The molecule has 8 amide bonds. The molecule has 4 rings (SSSR count). The molecular weight excluding hydrogens is 977 g/mol. The number of halogens is 2. The van der Waals surface area contributed by atoms with Gasteiger partial charge in [-0.1, -0.05) is 71.4 Å². The average Bonchev–Trinajstić information content (AvgIpc) is 3.91. The van der Waals surface area contributed by atoms with Gasteiger partial charge in [-0.25, -0.2) is 13.6 Å². The summed E-state index contributed by atoms with van der Waals surface area (Å²) in [7, 11) is 0. The van der Waals surface area contributed by atoms with Crippen LogP contribution < -0.4 is 32.3 Å². The molecule has 0 bridgehead atoms. The first-order chi connectivity index (χ1) is 35.4. The SMILES string of the molecule is CC(C)C(NC(=O)CCCCCN1C(=O)CCC1=O)C(=O)N[C@@H](C)C(=O)N[C@@H](CCC(=O)NCCNC(=O)[C@@H](N)CCN(C(=O)CO)[C@@H](c1cc(-c2cc(F)ccc2F)cn1Cc1ccccc1)C(C)(C)C)C(=O)O. The van der Waals surface area contributed by atoms with Crippen LogP contribution in [0.4, 0.5) is 8.78 Å². The highest BCUT2D eigenvalue weighted by atomic mass is 19.1. The third-order valence-corrected chi connectivity index (χ3v) is 12.7. The number of likely N-dealkylation sites (tertiary alicyclic amines) is 1. The van der Waals surface area contributed by atoms with Gasteiger partial charge in [0.1, 0.15) is 36.4 Å². The summed E-state index contributed by atoms with van der Waals surface area (Å²) in [6.07, 6.45) is 3.04. The summed E-state index contributed by atoms with van der Waals surface area (Å²) < 4.78 is 31.4. The van der Waals surface area contributed by atoms with Gasteiger partial charge in [0.2, 0.25) is 47.3 Å². The summed E-state index contributed by atoms with van der Waals surface area (Å²) in [5.41, 5.74) is 7.43. The minimum Gasteiger partial charge on any atom is -0.480 e. The number of aliphatic hydroxyl groups is 1. The largest absolute Gasteiger partial charge is 0.480 e. The standard InChI is InChI=1S/C53H73F2N9O11/c1-32(2)47(61-43(67)15-11-8-12-25-63-44(68)20-21-45(63)69)51(73)59-33(3)49(71)60-40(52(74)75)18-19-42(66)57-23-24-58-50(72)39(56)22-26-64(46(70)31-65)48(53(4,5)6)41-27-35(37-28-36(54)16-17-38(37)55)30-62(41)29-34-13-9-7-10-14-34/h7,9-10,13-14,16-17,27-28,30,32-33,39-40,47-48,65H,8,11-12,15,18-26,29,31,56H2,1-6H3,(H,57,66)(H,58,72)(H,59,73)(H,60,71)(H,61,67)(H,74,75)/t33-,39-,40-,47?,48-/m0/s1. The number of nitrogens with zero attached hydrogens (tertiary/aromatic N) is 3. The first-order valence-corrected chi connectivity index (χ1v) is 25.3. The van der Waals surface area contributed by atoms with Crippen LogP contribution in [0.3, 0.4) is 0 Å². The van der Waals surface area contributed by atoms with E-state index in [0.717, 1.165) is 23.8 Å². The molecule has 1 aliphatic heterocycles. The van der Waals surface area contributed by atoms with E-state index in [1.807, 2.05) is 55.7 Å². The number of hydrogen-bond donors (Lipinski definition) is 8. The Morgan fingerprint density at radius 1 is 0.787 bits per heavy atom. The second kappa shape index (κ2) is 28.6. The number of amides is 8.